The minimum atomic E-state index is -0.389. The third kappa shape index (κ3) is 12.7. The Bertz CT molecular complexity index is 6910. The molecule has 0 unspecified atom stereocenters. The summed E-state index contributed by atoms with van der Waals surface area (Å²) in [5.41, 5.74) is 13.3. The van der Waals surface area contributed by atoms with Gasteiger partial charge < -0.3 is 19.5 Å². The molecule has 14 nitrogen and oxygen atoms in total. The van der Waals surface area contributed by atoms with Crippen molar-refractivity contribution < 1.29 is 6.85 Å². The van der Waals surface area contributed by atoms with E-state index in [1.54, 1.807) is 24.3 Å². The maximum absolute atomic E-state index is 9.29. The highest BCUT2D eigenvalue weighted by atomic mass is 15.2. The van der Waals surface area contributed by atoms with E-state index in [1.165, 1.54) is 49.0 Å². The van der Waals surface area contributed by atoms with Crippen molar-refractivity contribution in [1.29, 1.82) is 21.0 Å². The van der Waals surface area contributed by atoms with Crippen molar-refractivity contribution in [2.45, 2.75) is 0 Å². The Morgan fingerprint density at radius 1 is 0.268 bits per heavy atom. The van der Waals surface area contributed by atoms with E-state index in [0.29, 0.717) is 5.56 Å². The first kappa shape index (κ1) is 62.7. The Labute approximate surface area is 650 Å². The molecule has 19 aromatic rings. The maximum Gasteiger partial charge on any atom is 0.294 e. The number of hydrogen-bond acceptors (Lipinski definition) is 12. The molecule has 3 heterocycles. The summed E-state index contributed by atoms with van der Waals surface area (Å²) < 4.78 is 42.2. The fraction of sp³-hybridized carbons (Fsp3) is 0. The SMILES string of the molecule is [2H]c1c([2H])c([2H])c(-c2c3ccccc3c(-c3ccc(-c4cccc5ccccc45)cc3)c3ccccc23)c([2H])c1[2H].[C-]#[N+]c1nc2c3nc(C#N)c(C#N)nc3c3nc(C#N)c(C#N)nc3c2nc1[N+]#[C-].c1ccc(N(c2ccc(-c3ccc(N(c4ccccc4)c4cccc5ccccc45)cc3)cc2)c2cccc3ccccc23)cc1. The fourth-order valence-electron chi connectivity index (χ4n) is 14.5. The Balaban J connectivity index is 0.000000129. The number of nitrogens with zero attached hydrogens (tertiary/aromatic N) is 14. The highest BCUT2D eigenvalue weighted by molar-refractivity contribution is 6.22. The van der Waals surface area contributed by atoms with Crippen molar-refractivity contribution in [2.24, 2.45) is 0 Å². The highest BCUT2D eigenvalue weighted by Crippen LogP contribution is 2.46. The van der Waals surface area contributed by atoms with Gasteiger partial charge in [0, 0.05) is 33.5 Å². The Hall–Kier alpha value is -16.6. The van der Waals surface area contributed by atoms with E-state index >= 15 is 0 Å². The van der Waals surface area contributed by atoms with Crippen LogP contribution in [0.15, 0.2) is 340 Å². The number of hydrogen-bond donors (Lipinski definition) is 0. The molecule has 0 N–H and O–H groups in total. The summed E-state index contributed by atoms with van der Waals surface area (Å²) >= 11 is 0. The van der Waals surface area contributed by atoms with Crippen molar-refractivity contribution in [3.8, 4) is 68.8 Å². The van der Waals surface area contributed by atoms with Crippen LogP contribution in [-0.4, -0.2) is 29.9 Å². The summed E-state index contributed by atoms with van der Waals surface area (Å²) in [6, 6.07) is 114. The quantitative estimate of drug-likeness (QED) is 0.0717. The standard InChI is InChI=1S/C44H32N2.C36H24.C18N12/c1-3-17-37(18-4-1)45(43-23-11-15-35-13-7-9-21-41(35)43)39-29-25-33(26-30-39)34-27-31-40(32-28-34)46(38-19-5-2-6-20-38)44-24-12-16-36-14-8-10-22-42(36)44;1-2-12-27(13-3-1)35-31-16-6-8-18-33(31)36(34-19-9-7-17-32(34)35)28-23-21-26(22-24-28)30-20-10-14-25-11-4-5-15-29(25)30;1-23-17-18(24-2)30-16-14-12(26-8(4-20)10(6-22)28-14)11-13(15(16)29-17)27-9(5-21)7(3-19)25-11/h1-32H;1-24H;/i;1D,2D,3D,12D,13D;. The van der Waals surface area contributed by atoms with Gasteiger partial charge in [-0.05, 0) is 148 Å². The van der Waals surface area contributed by atoms with Gasteiger partial charge in [0.2, 0.25) is 11.0 Å². The number of anilines is 6. The monoisotopic (exact) mass is 1430 g/mol. The zero-order valence-electron chi connectivity index (χ0n) is 64.2. The summed E-state index contributed by atoms with van der Waals surface area (Å²) in [5, 5.41) is 48.1. The van der Waals surface area contributed by atoms with E-state index < -0.39 is 0 Å². The van der Waals surface area contributed by atoms with Crippen LogP contribution in [0.4, 0.5) is 45.8 Å². The second-order valence-corrected chi connectivity index (χ2v) is 25.9. The molecule has 518 valence electrons. The topological polar surface area (TPSA) is 188 Å². The average molecular weight is 1430 g/mol. The molecular formula is C98H56N14. The van der Waals surface area contributed by atoms with Crippen LogP contribution in [0.1, 0.15) is 29.6 Å². The van der Waals surface area contributed by atoms with E-state index in [1.807, 2.05) is 36.4 Å². The summed E-state index contributed by atoms with van der Waals surface area (Å²) in [6.07, 6.45) is 0. The molecule has 0 saturated carbocycles. The molecular weight excluding hydrogens is 1370 g/mol. The van der Waals surface area contributed by atoms with Gasteiger partial charge >= 0.3 is 0 Å². The molecule has 0 aliphatic heterocycles. The molecule has 19 rings (SSSR count). The molecule has 112 heavy (non-hydrogen) atoms. The molecule has 0 fully saturated rings. The summed E-state index contributed by atoms with van der Waals surface area (Å²) in [5.74, 6) is -0.602. The minimum absolute atomic E-state index is 0.00714. The molecule has 0 spiro atoms. The van der Waals surface area contributed by atoms with E-state index in [0.717, 1.165) is 72.4 Å². The maximum atomic E-state index is 9.29. The van der Waals surface area contributed by atoms with Gasteiger partial charge in [-0.25, -0.2) is 19.9 Å². The highest BCUT2D eigenvalue weighted by Gasteiger charge is 2.28. The fourth-order valence-corrected chi connectivity index (χ4v) is 14.5. The van der Waals surface area contributed by atoms with E-state index in [2.05, 4.69) is 322 Å². The van der Waals surface area contributed by atoms with Gasteiger partial charge in [0.25, 0.3) is 11.6 Å². The van der Waals surface area contributed by atoms with Gasteiger partial charge in [0.15, 0.2) is 22.8 Å². The first-order chi connectivity index (χ1) is 57.4. The lowest BCUT2D eigenvalue weighted by atomic mass is 9.85. The lowest BCUT2D eigenvalue weighted by molar-refractivity contribution is 1.17. The number of aromatic nitrogens is 6. The minimum Gasteiger partial charge on any atom is -0.370 e. The first-order valence-corrected chi connectivity index (χ1v) is 35.5. The van der Waals surface area contributed by atoms with Crippen LogP contribution in [0.5, 0.6) is 0 Å². The van der Waals surface area contributed by atoms with Crippen molar-refractivity contribution in [3.05, 3.63) is 385 Å². The number of nitriles is 4. The molecule has 0 aliphatic carbocycles. The number of fused-ring (bicyclic) bond motifs is 11. The van der Waals surface area contributed by atoms with Crippen molar-refractivity contribution in [3.63, 3.8) is 0 Å². The van der Waals surface area contributed by atoms with Gasteiger partial charge in [-0.3, -0.25) is 0 Å². The van der Waals surface area contributed by atoms with Crippen LogP contribution in [0.2, 0.25) is 0 Å². The molecule has 0 radical (unpaired) electrons. The summed E-state index contributed by atoms with van der Waals surface area (Å²) in [7, 11) is 0. The van der Waals surface area contributed by atoms with Crippen molar-refractivity contribution in [1.82, 2.24) is 29.9 Å². The molecule has 3 aromatic heterocycles. The van der Waals surface area contributed by atoms with Gasteiger partial charge in [0.1, 0.15) is 46.3 Å². The summed E-state index contributed by atoms with van der Waals surface area (Å²) in [4.78, 5) is 35.8. The van der Waals surface area contributed by atoms with Gasteiger partial charge in [-0.2, -0.15) is 21.0 Å². The van der Waals surface area contributed by atoms with Crippen LogP contribution in [0.3, 0.4) is 0 Å². The van der Waals surface area contributed by atoms with Crippen LogP contribution in [-0.2, 0) is 0 Å². The zero-order valence-corrected chi connectivity index (χ0v) is 59.2. The number of benzene rings is 16. The second-order valence-electron chi connectivity index (χ2n) is 25.9. The first-order valence-electron chi connectivity index (χ1n) is 38.0. The molecule has 14 heteroatoms. The van der Waals surface area contributed by atoms with Gasteiger partial charge in [0.05, 0.1) is 18.2 Å². The lowest BCUT2D eigenvalue weighted by Gasteiger charge is -2.27. The molecule has 0 saturated heterocycles. The molecule has 0 atom stereocenters. The second kappa shape index (κ2) is 30.1. The van der Waals surface area contributed by atoms with E-state index in [9.17, 15) is 21.0 Å². The van der Waals surface area contributed by atoms with Gasteiger partial charge in [-0.15, -0.1) is 9.97 Å². The van der Waals surface area contributed by atoms with Crippen LogP contribution >= 0.6 is 0 Å². The third-order valence-corrected chi connectivity index (χ3v) is 19.5. The van der Waals surface area contributed by atoms with Crippen LogP contribution in [0, 0.1) is 58.5 Å². The molecule has 0 amide bonds. The molecule has 16 aromatic carbocycles. The Morgan fingerprint density at radius 2 is 0.562 bits per heavy atom. The van der Waals surface area contributed by atoms with Crippen LogP contribution < -0.4 is 9.80 Å². The predicted octanol–water partition coefficient (Wildman–Crippen LogP) is 24.9. The molecule has 0 bridgehead atoms. The van der Waals surface area contributed by atoms with E-state index in [-0.39, 0.29) is 103 Å². The Kier molecular flexibility index (Phi) is 16.9. The average Bonchev–Trinajstić information content (AvgIpc) is 0.731. The smallest absolute Gasteiger partial charge is 0.294 e. The molecule has 0 aliphatic rings. The van der Waals surface area contributed by atoms with Gasteiger partial charge in [-0.1, -0.05) is 292 Å². The summed E-state index contributed by atoms with van der Waals surface area (Å²) in [6.45, 7) is 14.5. The van der Waals surface area contributed by atoms with Crippen LogP contribution in [0.25, 0.3) is 141 Å². The number of rotatable bonds is 10. The zero-order chi connectivity index (χ0) is 80.4. The lowest BCUT2D eigenvalue weighted by Crippen LogP contribution is -2.10. The third-order valence-electron chi connectivity index (χ3n) is 19.5. The van der Waals surface area contributed by atoms with Crippen molar-refractivity contribution in [2.75, 3.05) is 9.80 Å². The normalized spacial score (nSPS) is 11.4. The van der Waals surface area contributed by atoms with Crippen molar-refractivity contribution >= 4 is 133 Å². The number of para-hydroxylation sites is 2. The Morgan fingerprint density at radius 3 is 0.946 bits per heavy atom. The van der Waals surface area contributed by atoms with E-state index in [4.69, 9.17) is 20.0 Å². The predicted molar refractivity (Wildman–Crippen MR) is 449 cm³/mol. The largest absolute Gasteiger partial charge is 0.370 e.